The average molecular weight is 329 g/mol. The van der Waals surface area contributed by atoms with Crippen LogP contribution in [0.15, 0.2) is 41.8 Å². The fraction of sp³-hybridized carbons (Fsp3) is 0.444. The normalized spacial score (nSPS) is 18.2. The van der Waals surface area contributed by atoms with Crippen molar-refractivity contribution >= 4 is 17.7 Å². The number of carbonyl (C=O) groups excluding carboxylic acids is 1. The number of carbonyl (C=O) groups is 1. The average Bonchev–Trinajstić information content (AvgIpc) is 3.01. The van der Waals surface area contributed by atoms with Crippen LogP contribution < -0.4 is 0 Å². The van der Waals surface area contributed by atoms with Gasteiger partial charge in [0.05, 0.1) is 5.75 Å². The van der Waals surface area contributed by atoms with Crippen LogP contribution in [0.25, 0.3) is 5.69 Å². The molecular weight excluding hydrogens is 306 g/mol. The van der Waals surface area contributed by atoms with Gasteiger partial charge in [0, 0.05) is 30.7 Å². The van der Waals surface area contributed by atoms with E-state index in [9.17, 15) is 4.79 Å². The van der Waals surface area contributed by atoms with Crippen molar-refractivity contribution in [3.05, 3.63) is 42.2 Å². The maximum atomic E-state index is 12.5. The van der Waals surface area contributed by atoms with E-state index in [0.717, 1.165) is 30.2 Å². The van der Waals surface area contributed by atoms with E-state index in [0.29, 0.717) is 11.8 Å². The van der Waals surface area contributed by atoms with E-state index in [4.69, 9.17) is 0 Å². The zero-order valence-electron chi connectivity index (χ0n) is 13.7. The predicted molar refractivity (Wildman–Crippen MR) is 94.1 cm³/mol. The zero-order valence-corrected chi connectivity index (χ0v) is 14.6. The van der Waals surface area contributed by atoms with E-state index in [1.54, 1.807) is 6.20 Å². The summed E-state index contributed by atoms with van der Waals surface area (Å²) in [5.41, 5.74) is 2.30. The van der Waals surface area contributed by atoms with Crippen molar-refractivity contribution < 1.29 is 4.79 Å². The number of nitrogens with zero attached hydrogens (tertiary/aromatic N) is 3. The van der Waals surface area contributed by atoms with Crippen LogP contribution in [-0.4, -0.2) is 38.7 Å². The highest BCUT2D eigenvalue weighted by atomic mass is 32.2. The number of piperidine rings is 1. The molecule has 1 fully saturated rings. The molecular formula is C18H23N3OS. The molecule has 5 heteroatoms. The molecule has 23 heavy (non-hydrogen) atoms. The number of hydrogen-bond donors (Lipinski definition) is 0. The van der Waals surface area contributed by atoms with E-state index in [1.165, 1.54) is 23.7 Å². The Bertz CT molecular complexity index is 682. The molecule has 1 aliphatic heterocycles. The molecule has 0 radical (unpaired) electrons. The van der Waals surface area contributed by atoms with Crippen LogP contribution >= 0.6 is 11.8 Å². The molecule has 0 aliphatic carbocycles. The van der Waals surface area contributed by atoms with Crippen molar-refractivity contribution in [3.63, 3.8) is 0 Å². The summed E-state index contributed by atoms with van der Waals surface area (Å²) >= 11 is 1.52. The lowest BCUT2D eigenvalue weighted by Gasteiger charge is -2.33. The van der Waals surface area contributed by atoms with Crippen LogP contribution in [0.4, 0.5) is 0 Å². The van der Waals surface area contributed by atoms with Gasteiger partial charge >= 0.3 is 0 Å². The molecule has 122 valence electrons. The highest BCUT2D eigenvalue weighted by molar-refractivity contribution is 7.99. The third-order valence-corrected chi connectivity index (χ3v) is 5.29. The maximum Gasteiger partial charge on any atom is 0.233 e. The fourth-order valence-electron chi connectivity index (χ4n) is 3.05. The number of rotatable bonds is 4. The molecule has 2 heterocycles. The Morgan fingerprint density at radius 3 is 3.04 bits per heavy atom. The number of imidazole rings is 1. The summed E-state index contributed by atoms with van der Waals surface area (Å²) in [5.74, 6) is 0.675. The monoisotopic (exact) mass is 329 g/mol. The van der Waals surface area contributed by atoms with E-state index in [1.807, 2.05) is 21.7 Å². The third-order valence-electron chi connectivity index (χ3n) is 4.33. The number of thioether (sulfide) groups is 1. The Morgan fingerprint density at radius 1 is 1.39 bits per heavy atom. The Balaban J connectivity index is 1.67. The molecule has 1 aromatic carbocycles. The van der Waals surface area contributed by atoms with Gasteiger partial charge in [-0.25, -0.2) is 4.98 Å². The number of benzene rings is 1. The number of aromatic nitrogens is 2. The van der Waals surface area contributed by atoms with Crippen LogP contribution in [0, 0.1) is 6.92 Å². The summed E-state index contributed by atoms with van der Waals surface area (Å²) < 4.78 is 2.05. The lowest BCUT2D eigenvalue weighted by Crippen LogP contribution is -2.42. The lowest BCUT2D eigenvalue weighted by molar-refractivity contribution is -0.131. The van der Waals surface area contributed by atoms with Crippen molar-refractivity contribution in [2.75, 3.05) is 12.3 Å². The summed E-state index contributed by atoms with van der Waals surface area (Å²) in [6.07, 6.45) is 7.21. The molecule has 2 aromatic rings. The second-order valence-electron chi connectivity index (χ2n) is 6.14. The van der Waals surface area contributed by atoms with Crippen molar-refractivity contribution in [1.29, 1.82) is 0 Å². The second-order valence-corrected chi connectivity index (χ2v) is 7.08. The highest BCUT2D eigenvalue weighted by Gasteiger charge is 2.23. The molecule has 0 spiro atoms. The summed E-state index contributed by atoms with van der Waals surface area (Å²) in [4.78, 5) is 18.9. The van der Waals surface area contributed by atoms with Gasteiger partial charge in [0.25, 0.3) is 0 Å². The number of hydrogen-bond acceptors (Lipinski definition) is 3. The van der Waals surface area contributed by atoms with Gasteiger partial charge in [0.2, 0.25) is 5.91 Å². The minimum Gasteiger partial charge on any atom is -0.339 e. The van der Waals surface area contributed by atoms with Gasteiger partial charge in [-0.15, -0.1) is 0 Å². The van der Waals surface area contributed by atoms with Gasteiger partial charge < -0.3 is 4.90 Å². The molecule has 0 bridgehead atoms. The molecule has 0 saturated carbocycles. The van der Waals surface area contributed by atoms with Gasteiger partial charge in [-0.3, -0.25) is 9.36 Å². The number of amides is 1. The Hall–Kier alpha value is -1.75. The summed E-state index contributed by atoms with van der Waals surface area (Å²) in [5, 5.41) is 0.869. The smallest absolute Gasteiger partial charge is 0.233 e. The summed E-state index contributed by atoms with van der Waals surface area (Å²) in [6.45, 7) is 5.12. The Kier molecular flexibility index (Phi) is 5.06. The van der Waals surface area contributed by atoms with Crippen LogP contribution in [0.2, 0.25) is 0 Å². The number of likely N-dealkylation sites (tertiary alicyclic amines) is 1. The molecule has 4 nitrogen and oxygen atoms in total. The Labute approximate surface area is 141 Å². The van der Waals surface area contributed by atoms with Gasteiger partial charge in [-0.2, -0.15) is 0 Å². The highest BCUT2D eigenvalue weighted by Crippen LogP contribution is 2.23. The van der Waals surface area contributed by atoms with Crippen molar-refractivity contribution in [2.45, 2.75) is 44.3 Å². The van der Waals surface area contributed by atoms with Crippen LogP contribution in [0.5, 0.6) is 0 Å². The first-order valence-corrected chi connectivity index (χ1v) is 9.16. The van der Waals surface area contributed by atoms with Gasteiger partial charge in [0.1, 0.15) is 0 Å². The fourth-order valence-corrected chi connectivity index (χ4v) is 3.91. The minimum atomic E-state index is 0.223. The van der Waals surface area contributed by atoms with Gasteiger partial charge in [-0.1, -0.05) is 23.9 Å². The molecule has 1 aromatic heterocycles. The largest absolute Gasteiger partial charge is 0.339 e. The van der Waals surface area contributed by atoms with Gasteiger partial charge in [0.15, 0.2) is 5.16 Å². The predicted octanol–water partition coefficient (Wildman–Crippen LogP) is 3.67. The topological polar surface area (TPSA) is 38.1 Å². The molecule has 1 amide bonds. The molecule has 1 saturated heterocycles. The molecule has 1 atom stereocenters. The summed E-state index contributed by atoms with van der Waals surface area (Å²) in [7, 11) is 0. The second kappa shape index (κ2) is 7.21. The van der Waals surface area contributed by atoms with Crippen LogP contribution in [-0.2, 0) is 4.79 Å². The quantitative estimate of drug-likeness (QED) is 0.803. The maximum absolute atomic E-state index is 12.5. The van der Waals surface area contributed by atoms with Crippen LogP contribution in [0.1, 0.15) is 31.7 Å². The molecule has 0 N–H and O–H groups in total. The Morgan fingerprint density at radius 2 is 2.26 bits per heavy atom. The van der Waals surface area contributed by atoms with Crippen molar-refractivity contribution in [3.8, 4) is 5.69 Å². The van der Waals surface area contributed by atoms with Crippen LogP contribution in [0.3, 0.4) is 0 Å². The third kappa shape index (κ3) is 3.78. The van der Waals surface area contributed by atoms with Crippen molar-refractivity contribution in [2.24, 2.45) is 0 Å². The number of aryl methyl sites for hydroxylation is 1. The molecule has 1 unspecified atom stereocenters. The first-order chi connectivity index (χ1) is 11.1. The summed E-state index contributed by atoms with van der Waals surface area (Å²) in [6, 6.07) is 8.68. The van der Waals surface area contributed by atoms with E-state index in [2.05, 4.69) is 37.0 Å². The SMILES string of the molecule is Cc1cccc(-n2ccnc2SCC(=O)N2CCCCC2C)c1. The standard InChI is InChI=1S/C18H23N3OS/c1-14-6-5-8-16(12-14)21-11-9-19-18(21)23-13-17(22)20-10-4-3-7-15(20)2/h5-6,8-9,11-12,15H,3-4,7,10,13H2,1-2H3. The van der Waals surface area contributed by atoms with Gasteiger partial charge in [-0.05, 0) is 50.8 Å². The minimum absolute atomic E-state index is 0.223. The molecule has 3 rings (SSSR count). The first kappa shape index (κ1) is 16.1. The van der Waals surface area contributed by atoms with E-state index < -0.39 is 0 Å². The lowest BCUT2D eigenvalue weighted by atomic mass is 10.0. The molecule has 1 aliphatic rings. The first-order valence-electron chi connectivity index (χ1n) is 8.18. The van der Waals surface area contributed by atoms with E-state index in [-0.39, 0.29) is 5.91 Å². The van der Waals surface area contributed by atoms with E-state index >= 15 is 0 Å². The zero-order chi connectivity index (χ0) is 16.2. The van der Waals surface area contributed by atoms with Crippen molar-refractivity contribution in [1.82, 2.24) is 14.5 Å².